The molecule has 0 aromatic rings. The largest absolute Gasteiger partial charge is 0.480 e. The number of carboxylic acids is 1. The first-order valence-corrected chi connectivity index (χ1v) is 8.27. The average molecular weight is 280 g/mol. The third-order valence-electron chi connectivity index (χ3n) is 5.59. The summed E-state index contributed by atoms with van der Waals surface area (Å²) >= 11 is 0. The minimum absolute atomic E-state index is 0.454. The van der Waals surface area contributed by atoms with Gasteiger partial charge in [0.15, 0.2) is 0 Å². The van der Waals surface area contributed by atoms with Gasteiger partial charge in [0, 0.05) is 24.7 Å². The van der Waals surface area contributed by atoms with Crippen LogP contribution in [-0.4, -0.2) is 46.2 Å². The van der Waals surface area contributed by atoms with Gasteiger partial charge >= 0.3 is 5.97 Å². The maximum absolute atomic E-state index is 11.8. The molecule has 3 rings (SSSR count). The number of hydrogen-bond acceptors (Lipinski definition) is 3. The van der Waals surface area contributed by atoms with E-state index in [-0.39, 0.29) is 0 Å². The van der Waals surface area contributed by atoms with E-state index in [1.165, 1.54) is 12.8 Å². The van der Waals surface area contributed by atoms with Crippen LogP contribution in [0.1, 0.15) is 58.8 Å². The monoisotopic (exact) mass is 280 g/mol. The highest BCUT2D eigenvalue weighted by Gasteiger charge is 2.50. The Kier molecular flexibility index (Phi) is 3.80. The summed E-state index contributed by atoms with van der Waals surface area (Å²) in [7, 11) is 0. The van der Waals surface area contributed by atoms with Crippen molar-refractivity contribution in [1.29, 1.82) is 0 Å². The number of likely N-dealkylation sites (tertiary alicyclic amines) is 1. The topological polar surface area (TPSA) is 52.6 Å². The summed E-state index contributed by atoms with van der Waals surface area (Å²) in [6.45, 7) is 5.77. The summed E-state index contributed by atoms with van der Waals surface area (Å²) in [6, 6.07) is 1.53. The summed E-state index contributed by atoms with van der Waals surface area (Å²) < 4.78 is 0. The van der Waals surface area contributed by atoms with Gasteiger partial charge < -0.3 is 5.11 Å². The van der Waals surface area contributed by atoms with Gasteiger partial charge in [0.25, 0.3) is 0 Å². The third kappa shape index (κ3) is 2.73. The van der Waals surface area contributed by atoms with Crippen molar-refractivity contribution in [3.8, 4) is 0 Å². The zero-order chi connectivity index (χ0) is 14.3. The molecule has 1 saturated heterocycles. The predicted octanol–water partition coefficient (Wildman–Crippen LogP) is 2.23. The van der Waals surface area contributed by atoms with E-state index in [2.05, 4.69) is 24.1 Å². The zero-order valence-electron chi connectivity index (χ0n) is 12.8. The third-order valence-corrected chi connectivity index (χ3v) is 5.59. The van der Waals surface area contributed by atoms with Crippen LogP contribution in [0.4, 0.5) is 0 Å². The summed E-state index contributed by atoms with van der Waals surface area (Å²) in [4.78, 5) is 14.4. The number of rotatable bonds is 4. The first-order chi connectivity index (χ1) is 9.50. The number of hydrogen-bond donors (Lipinski definition) is 2. The number of piperidine rings is 1. The molecule has 4 unspecified atom stereocenters. The lowest BCUT2D eigenvalue weighted by Crippen LogP contribution is -2.53. The summed E-state index contributed by atoms with van der Waals surface area (Å²) in [6.07, 6.45) is 7.48. The minimum atomic E-state index is -0.647. The van der Waals surface area contributed by atoms with E-state index in [1.807, 2.05) is 0 Å². The van der Waals surface area contributed by atoms with Gasteiger partial charge in [-0.05, 0) is 57.8 Å². The zero-order valence-corrected chi connectivity index (χ0v) is 12.8. The highest BCUT2D eigenvalue weighted by Crippen LogP contribution is 2.39. The van der Waals surface area contributed by atoms with E-state index in [9.17, 15) is 9.90 Å². The van der Waals surface area contributed by atoms with Crippen molar-refractivity contribution in [2.45, 2.75) is 82.5 Å². The van der Waals surface area contributed by atoms with Gasteiger partial charge in [0.1, 0.15) is 5.54 Å². The molecule has 4 heteroatoms. The Morgan fingerprint density at radius 1 is 1.20 bits per heavy atom. The average Bonchev–Trinajstić information content (AvgIpc) is 3.10. The highest BCUT2D eigenvalue weighted by molar-refractivity contribution is 5.79. The number of carboxylic acid groups (broad SMARTS) is 1. The molecule has 0 amide bonds. The van der Waals surface area contributed by atoms with Crippen molar-refractivity contribution in [3.05, 3.63) is 0 Å². The van der Waals surface area contributed by atoms with Crippen LogP contribution in [0.15, 0.2) is 0 Å². The van der Waals surface area contributed by atoms with Crippen molar-refractivity contribution >= 4 is 5.97 Å². The molecular formula is C16H28N2O2. The van der Waals surface area contributed by atoms with Crippen LogP contribution in [0.5, 0.6) is 0 Å². The first-order valence-electron chi connectivity index (χ1n) is 8.27. The molecule has 20 heavy (non-hydrogen) atoms. The molecular weight excluding hydrogens is 252 g/mol. The maximum Gasteiger partial charge on any atom is 0.323 e. The molecule has 3 aliphatic rings. The summed E-state index contributed by atoms with van der Waals surface area (Å²) in [5.41, 5.74) is -0.647. The Hall–Kier alpha value is -0.610. The van der Waals surface area contributed by atoms with Gasteiger partial charge in [-0.3, -0.25) is 15.0 Å². The smallest absolute Gasteiger partial charge is 0.323 e. The molecule has 2 aliphatic carbocycles. The van der Waals surface area contributed by atoms with Crippen LogP contribution >= 0.6 is 0 Å². The van der Waals surface area contributed by atoms with Crippen LogP contribution in [-0.2, 0) is 4.79 Å². The molecule has 114 valence electrons. The second-order valence-corrected chi connectivity index (χ2v) is 7.43. The van der Waals surface area contributed by atoms with E-state index in [0.717, 1.165) is 44.6 Å². The molecule has 1 aliphatic heterocycles. The molecule has 2 N–H and O–H groups in total. The molecule has 0 aromatic heterocycles. The molecule has 2 saturated carbocycles. The number of nitrogens with one attached hydrogen (secondary N) is 1. The molecule has 3 fully saturated rings. The molecule has 1 heterocycles. The van der Waals surface area contributed by atoms with E-state index in [1.54, 1.807) is 0 Å². The fourth-order valence-electron chi connectivity index (χ4n) is 4.14. The lowest BCUT2D eigenvalue weighted by Gasteiger charge is -2.41. The van der Waals surface area contributed by atoms with Crippen LogP contribution < -0.4 is 5.32 Å². The van der Waals surface area contributed by atoms with Crippen molar-refractivity contribution in [2.75, 3.05) is 6.54 Å². The summed E-state index contributed by atoms with van der Waals surface area (Å²) in [5.74, 6) is 0.118. The molecule has 0 spiro atoms. The Morgan fingerprint density at radius 3 is 2.60 bits per heavy atom. The fraction of sp³-hybridized carbons (Fsp3) is 0.938. The highest BCUT2D eigenvalue weighted by atomic mass is 16.4. The standard InChI is InChI=1S/C16H28N2O2/c1-11-3-4-12(2)18(10-11)14-7-8-16(9-14,15(19)20)17-13-5-6-13/h11-14,17H,3-10H2,1-2H3,(H,19,20). The van der Waals surface area contributed by atoms with Crippen LogP contribution in [0.25, 0.3) is 0 Å². The molecule has 4 nitrogen and oxygen atoms in total. The van der Waals surface area contributed by atoms with Gasteiger partial charge in [-0.2, -0.15) is 0 Å². The van der Waals surface area contributed by atoms with Crippen LogP contribution in [0, 0.1) is 5.92 Å². The molecule has 0 bridgehead atoms. The Bertz CT molecular complexity index is 383. The van der Waals surface area contributed by atoms with E-state index < -0.39 is 11.5 Å². The second kappa shape index (κ2) is 5.30. The molecule has 4 atom stereocenters. The Balaban J connectivity index is 1.68. The van der Waals surface area contributed by atoms with Crippen LogP contribution in [0.3, 0.4) is 0 Å². The SMILES string of the molecule is CC1CCC(C)N(C2CCC(NC3CC3)(C(=O)O)C2)C1. The van der Waals surface area contributed by atoms with Crippen molar-refractivity contribution in [3.63, 3.8) is 0 Å². The fourth-order valence-corrected chi connectivity index (χ4v) is 4.14. The van der Waals surface area contributed by atoms with Gasteiger partial charge in [0.05, 0.1) is 0 Å². The van der Waals surface area contributed by atoms with Gasteiger partial charge in [-0.25, -0.2) is 0 Å². The van der Waals surface area contributed by atoms with Gasteiger partial charge in [-0.15, -0.1) is 0 Å². The first kappa shape index (κ1) is 14.3. The number of nitrogens with zero attached hydrogens (tertiary/aromatic N) is 1. The van der Waals surface area contributed by atoms with Crippen LogP contribution in [0.2, 0.25) is 0 Å². The quantitative estimate of drug-likeness (QED) is 0.829. The van der Waals surface area contributed by atoms with Crippen molar-refractivity contribution < 1.29 is 9.90 Å². The number of aliphatic carboxylic acids is 1. The lowest BCUT2D eigenvalue weighted by atomic mass is 9.92. The Morgan fingerprint density at radius 2 is 1.95 bits per heavy atom. The van der Waals surface area contributed by atoms with Gasteiger partial charge in [-0.1, -0.05) is 6.92 Å². The van der Waals surface area contributed by atoms with Gasteiger partial charge in [0.2, 0.25) is 0 Å². The van der Waals surface area contributed by atoms with E-state index >= 15 is 0 Å². The van der Waals surface area contributed by atoms with E-state index in [0.29, 0.717) is 18.1 Å². The van der Waals surface area contributed by atoms with Crippen molar-refractivity contribution in [1.82, 2.24) is 10.2 Å². The lowest BCUT2D eigenvalue weighted by molar-refractivity contribution is -0.145. The normalized spacial score (nSPS) is 42.8. The second-order valence-electron chi connectivity index (χ2n) is 7.43. The van der Waals surface area contributed by atoms with E-state index in [4.69, 9.17) is 0 Å². The predicted molar refractivity (Wildman–Crippen MR) is 78.7 cm³/mol. The Labute approximate surface area is 121 Å². The summed E-state index contributed by atoms with van der Waals surface area (Å²) in [5, 5.41) is 13.1. The molecule has 0 radical (unpaired) electrons. The van der Waals surface area contributed by atoms with Crippen molar-refractivity contribution in [2.24, 2.45) is 5.92 Å². The number of carbonyl (C=O) groups is 1. The molecule has 0 aromatic carbocycles. The maximum atomic E-state index is 11.8. The minimum Gasteiger partial charge on any atom is -0.480 e.